The minimum atomic E-state index is -0.770. The molecule has 0 amide bonds. The largest absolute Gasteiger partial charge is 0.481 e. The van der Waals surface area contributed by atoms with E-state index in [0.717, 1.165) is 16.0 Å². The molecule has 16 heavy (non-hydrogen) atoms. The molecule has 0 fully saturated rings. The van der Waals surface area contributed by atoms with Crippen LogP contribution in [0.15, 0.2) is 33.9 Å². The van der Waals surface area contributed by atoms with Gasteiger partial charge in [0.05, 0.1) is 5.92 Å². The Morgan fingerprint density at radius 2 is 2.44 bits per heavy atom. The van der Waals surface area contributed by atoms with Crippen molar-refractivity contribution in [3.05, 3.63) is 24.6 Å². The van der Waals surface area contributed by atoms with Gasteiger partial charge in [-0.05, 0) is 18.2 Å². The molecule has 5 heteroatoms. The lowest BCUT2D eigenvalue weighted by atomic mass is 10.2. The Kier molecular flexibility index (Phi) is 3.14. The standard InChI is InChI=1S/C11H11NO3S/c1-7(11(13)14)5-16-8-2-3-9-10(4-8)15-6-12-9/h2-4,6-7H,5H2,1H3,(H,13,14). The van der Waals surface area contributed by atoms with Crippen LogP contribution in [-0.2, 0) is 4.79 Å². The molecule has 0 aliphatic rings. The second-order valence-corrected chi connectivity index (χ2v) is 4.63. The molecule has 1 atom stereocenters. The van der Waals surface area contributed by atoms with Gasteiger partial charge in [-0.25, -0.2) is 4.98 Å². The molecule has 0 saturated carbocycles. The van der Waals surface area contributed by atoms with Gasteiger partial charge in [-0.15, -0.1) is 11.8 Å². The first-order valence-corrected chi connectivity index (χ1v) is 5.84. The van der Waals surface area contributed by atoms with E-state index in [2.05, 4.69) is 4.98 Å². The third-order valence-corrected chi connectivity index (χ3v) is 3.48. The van der Waals surface area contributed by atoms with Crippen molar-refractivity contribution < 1.29 is 14.3 Å². The number of benzene rings is 1. The van der Waals surface area contributed by atoms with Gasteiger partial charge >= 0.3 is 5.97 Å². The summed E-state index contributed by atoms with van der Waals surface area (Å²) in [5, 5.41) is 8.76. The van der Waals surface area contributed by atoms with Crippen LogP contribution >= 0.6 is 11.8 Å². The summed E-state index contributed by atoms with van der Waals surface area (Å²) in [4.78, 5) is 15.7. The maximum Gasteiger partial charge on any atom is 0.307 e. The van der Waals surface area contributed by atoms with Crippen LogP contribution in [-0.4, -0.2) is 21.8 Å². The lowest BCUT2D eigenvalue weighted by Crippen LogP contribution is -2.11. The van der Waals surface area contributed by atoms with Crippen molar-refractivity contribution in [3.63, 3.8) is 0 Å². The molecule has 0 saturated heterocycles. The Morgan fingerprint density at radius 1 is 1.62 bits per heavy atom. The van der Waals surface area contributed by atoms with Crippen LogP contribution in [0.5, 0.6) is 0 Å². The third-order valence-electron chi connectivity index (χ3n) is 2.22. The molecule has 4 nitrogen and oxygen atoms in total. The van der Waals surface area contributed by atoms with Crippen LogP contribution < -0.4 is 0 Å². The molecule has 2 aromatic rings. The maximum atomic E-state index is 10.6. The van der Waals surface area contributed by atoms with Crippen molar-refractivity contribution in [3.8, 4) is 0 Å². The molecule has 0 aliphatic heterocycles. The molecular formula is C11H11NO3S. The van der Waals surface area contributed by atoms with Crippen LogP contribution in [0.2, 0.25) is 0 Å². The Bertz CT molecular complexity index is 509. The van der Waals surface area contributed by atoms with E-state index in [9.17, 15) is 4.79 Å². The smallest absolute Gasteiger partial charge is 0.307 e. The van der Waals surface area contributed by atoms with Crippen molar-refractivity contribution in [1.29, 1.82) is 0 Å². The second-order valence-electron chi connectivity index (χ2n) is 3.53. The summed E-state index contributed by atoms with van der Waals surface area (Å²) in [5.74, 6) is -0.571. The SMILES string of the molecule is CC(CSc1ccc2ncoc2c1)C(=O)O. The number of aromatic nitrogens is 1. The number of nitrogens with zero attached hydrogens (tertiary/aromatic N) is 1. The average molecular weight is 237 g/mol. The maximum absolute atomic E-state index is 10.6. The average Bonchev–Trinajstić information content (AvgIpc) is 2.72. The highest BCUT2D eigenvalue weighted by Crippen LogP contribution is 2.24. The summed E-state index contributed by atoms with van der Waals surface area (Å²) in [5.41, 5.74) is 1.55. The van der Waals surface area contributed by atoms with Gasteiger partial charge in [0.25, 0.3) is 0 Å². The number of fused-ring (bicyclic) bond motifs is 1. The first-order valence-electron chi connectivity index (χ1n) is 4.85. The predicted octanol–water partition coefficient (Wildman–Crippen LogP) is 2.64. The lowest BCUT2D eigenvalue weighted by Gasteiger charge is -2.05. The van der Waals surface area contributed by atoms with Crippen molar-refractivity contribution in [2.45, 2.75) is 11.8 Å². The number of thioether (sulfide) groups is 1. The summed E-state index contributed by atoms with van der Waals surface area (Å²) in [7, 11) is 0. The lowest BCUT2D eigenvalue weighted by molar-refractivity contribution is -0.140. The highest BCUT2D eigenvalue weighted by molar-refractivity contribution is 7.99. The molecular weight excluding hydrogens is 226 g/mol. The Morgan fingerprint density at radius 3 is 3.19 bits per heavy atom. The van der Waals surface area contributed by atoms with Crippen LogP contribution in [0.4, 0.5) is 0 Å². The summed E-state index contributed by atoms with van der Waals surface area (Å²) < 4.78 is 5.17. The number of carbonyl (C=O) groups is 1. The number of carboxylic acids is 1. The normalized spacial score (nSPS) is 12.8. The molecule has 84 valence electrons. The molecule has 1 aromatic carbocycles. The van der Waals surface area contributed by atoms with Crippen LogP contribution in [0.3, 0.4) is 0 Å². The topological polar surface area (TPSA) is 63.3 Å². The van der Waals surface area contributed by atoms with Crippen molar-refractivity contribution in [2.75, 3.05) is 5.75 Å². The zero-order valence-electron chi connectivity index (χ0n) is 8.71. The number of hydrogen-bond donors (Lipinski definition) is 1. The van der Waals surface area contributed by atoms with Gasteiger partial charge in [0.2, 0.25) is 0 Å². The fraction of sp³-hybridized carbons (Fsp3) is 0.273. The molecule has 0 bridgehead atoms. The highest BCUT2D eigenvalue weighted by Gasteiger charge is 2.11. The van der Waals surface area contributed by atoms with E-state index in [1.807, 2.05) is 18.2 Å². The summed E-state index contributed by atoms with van der Waals surface area (Å²) >= 11 is 1.51. The van der Waals surface area contributed by atoms with Crippen LogP contribution in [0.25, 0.3) is 11.1 Å². The summed E-state index contributed by atoms with van der Waals surface area (Å²) in [6.45, 7) is 1.70. The van der Waals surface area contributed by atoms with E-state index < -0.39 is 5.97 Å². The Balaban J connectivity index is 2.06. The molecule has 1 unspecified atom stereocenters. The molecule has 2 rings (SSSR count). The van der Waals surface area contributed by atoms with Gasteiger partial charge in [0.15, 0.2) is 12.0 Å². The van der Waals surface area contributed by atoms with Gasteiger partial charge in [0.1, 0.15) is 5.52 Å². The fourth-order valence-corrected chi connectivity index (χ4v) is 2.16. The van der Waals surface area contributed by atoms with E-state index in [1.165, 1.54) is 18.2 Å². The molecule has 1 aromatic heterocycles. The first kappa shape index (κ1) is 11.0. The van der Waals surface area contributed by atoms with Gasteiger partial charge < -0.3 is 9.52 Å². The zero-order valence-corrected chi connectivity index (χ0v) is 9.53. The molecule has 1 heterocycles. The van der Waals surface area contributed by atoms with Gasteiger partial charge in [-0.1, -0.05) is 6.92 Å². The number of carboxylic acid groups (broad SMARTS) is 1. The minimum absolute atomic E-state index is 0.351. The first-order chi connectivity index (χ1) is 7.66. The van der Waals surface area contributed by atoms with E-state index in [0.29, 0.717) is 5.75 Å². The van der Waals surface area contributed by atoms with E-state index in [1.54, 1.807) is 6.92 Å². The summed E-state index contributed by atoms with van der Waals surface area (Å²) in [6, 6.07) is 5.66. The Labute approximate surface area is 96.7 Å². The fourth-order valence-electron chi connectivity index (χ4n) is 1.22. The number of aliphatic carboxylic acids is 1. The third kappa shape index (κ3) is 2.36. The second kappa shape index (κ2) is 4.57. The van der Waals surface area contributed by atoms with Crippen molar-refractivity contribution in [2.24, 2.45) is 5.92 Å². The molecule has 0 aliphatic carbocycles. The molecule has 1 N–H and O–H groups in total. The van der Waals surface area contributed by atoms with Gasteiger partial charge in [-0.2, -0.15) is 0 Å². The number of rotatable bonds is 4. The van der Waals surface area contributed by atoms with Crippen molar-refractivity contribution >= 4 is 28.8 Å². The predicted molar refractivity (Wildman–Crippen MR) is 61.5 cm³/mol. The molecule has 0 radical (unpaired) electrons. The summed E-state index contributed by atoms with van der Waals surface area (Å²) in [6.07, 6.45) is 1.40. The van der Waals surface area contributed by atoms with E-state index in [4.69, 9.17) is 9.52 Å². The van der Waals surface area contributed by atoms with Gasteiger partial charge in [0, 0.05) is 10.6 Å². The quantitative estimate of drug-likeness (QED) is 0.828. The number of hydrogen-bond acceptors (Lipinski definition) is 4. The van der Waals surface area contributed by atoms with Crippen molar-refractivity contribution in [1.82, 2.24) is 4.98 Å². The monoisotopic (exact) mass is 237 g/mol. The van der Waals surface area contributed by atoms with E-state index in [-0.39, 0.29) is 5.92 Å². The van der Waals surface area contributed by atoms with Gasteiger partial charge in [-0.3, -0.25) is 4.79 Å². The number of oxazole rings is 1. The molecule has 0 spiro atoms. The Hall–Kier alpha value is -1.49. The zero-order chi connectivity index (χ0) is 11.5. The van der Waals surface area contributed by atoms with E-state index >= 15 is 0 Å². The van der Waals surface area contributed by atoms with Crippen LogP contribution in [0, 0.1) is 5.92 Å². The van der Waals surface area contributed by atoms with Crippen LogP contribution in [0.1, 0.15) is 6.92 Å². The highest BCUT2D eigenvalue weighted by atomic mass is 32.2. The minimum Gasteiger partial charge on any atom is -0.481 e.